The molecule has 28 heavy (non-hydrogen) atoms. The van der Waals surface area contributed by atoms with E-state index in [4.69, 9.17) is 4.74 Å². The Kier molecular flexibility index (Phi) is 5.21. The van der Waals surface area contributed by atoms with Crippen LogP contribution in [0.4, 0.5) is 17.1 Å². The molecule has 1 unspecified atom stereocenters. The minimum absolute atomic E-state index is 0.142. The van der Waals surface area contributed by atoms with Gasteiger partial charge in [0.25, 0.3) is 0 Å². The van der Waals surface area contributed by atoms with Gasteiger partial charge in [-0.15, -0.1) is 0 Å². The molecule has 0 spiro atoms. The lowest BCUT2D eigenvalue weighted by atomic mass is 9.96. The van der Waals surface area contributed by atoms with Crippen molar-refractivity contribution in [2.75, 3.05) is 23.8 Å². The Morgan fingerprint density at radius 2 is 2.00 bits per heavy atom. The van der Waals surface area contributed by atoms with Crippen LogP contribution in [0.3, 0.4) is 0 Å². The second-order valence-corrected chi connectivity index (χ2v) is 6.62. The number of nitrogens with one attached hydrogen (secondary N) is 2. The Morgan fingerprint density at radius 1 is 1.14 bits per heavy atom. The number of rotatable bonds is 6. The highest BCUT2D eigenvalue weighted by atomic mass is 16.5. The average molecular weight is 375 g/mol. The van der Waals surface area contributed by atoms with Crippen LogP contribution >= 0.6 is 0 Å². The van der Waals surface area contributed by atoms with Crippen molar-refractivity contribution in [3.05, 3.63) is 83.7 Å². The summed E-state index contributed by atoms with van der Waals surface area (Å²) >= 11 is 0. The van der Waals surface area contributed by atoms with E-state index in [2.05, 4.69) is 27.8 Å². The van der Waals surface area contributed by atoms with Crippen molar-refractivity contribution < 1.29 is 14.6 Å². The molecule has 4 rings (SSSR count). The van der Waals surface area contributed by atoms with Gasteiger partial charge in [0.2, 0.25) is 0 Å². The first-order chi connectivity index (χ1) is 13.7. The van der Waals surface area contributed by atoms with Crippen molar-refractivity contribution in [1.29, 1.82) is 0 Å². The molecule has 0 fully saturated rings. The number of hydrogen-bond acceptors (Lipinski definition) is 5. The molecule has 142 valence electrons. The van der Waals surface area contributed by atoms with E-state index in [0.29, 0.717) is 18.8 Å². The summed E-state index contributed by atoms with van der Waals surface area (Å²) in [6.45, 7) is 1.11. The van der Waals surface area contributed by atoms with Gasteiger partial charge in [0.15, 0.2) is 0 Å². The zero-order valence-corrected chi connectivity index (χ0v) is 15.3. The number of carbonyl (C=O) groups is 1. The molecule has 0 radical (unpaired) electrons. The number of aromatic carboxylic acids is 1. The van der Waals surface area contributed by atoms with E-state index in [1.54, 1.807) is 0 Å². The van der Waals surface area contributed by atoms with Crippen molar-refractivity contribution in [3.8, 4) is 0 Å². The lowest BCUT2D eigenvalue weighted by Crippen LogP contribution is -2.23. The maximum absolute atomic E-state index is 11.4. The van der Waals surface area contributed by atoms with Crippen LogP contribution in [-0.2, 0) is 11.2 Å². The number of carboxylic acids is 1. The van der Waals surface area contributed by atoms with Gasteiger partial charge in [-0.2, -0.15) is 0 Å². The molecule has 1 aliphatic rings. The Hall–Kier alpha value is -3.38. The number of pyridine rings is 1. The summed E-state index contributed by atoms with van der Waals surface area (Å²) in [5, 5.41) is 15.9. The van der Waals surface area contributed by atoms with Crippen LogP contribution in [0.2, 0.25) is 0 Å². The van der Waals surface area contributed by atoms with Gasteiger partial charge < -0.3 is 20.5 Å². The summed E-state index contributed by atoms with van der Waals surface area (Å²) in [6, 6.07) is 17.8. The summed E-state index contributed by atoms with van der Waals surface area (Å²) in [7, 11) is 0. The predicted molar refractivity (Wildman–Crippen MR) is 108 cm³/mol. The molecule has 1 aromatic heterocycles. The van der Waals surface area contributed by atoms with E-state index in [1.807, 2.05) is 36.4 Å². The molecule has 6 heteroatoms. The largest absolute Gasteiger partial charge is 0.478 e. The van der Waals surface area contributed by atoms with Gasteiger partial charge in [-0.25, -0.2) is 4.79 Å². The number of carboxylic acid groups (broad SMARTS) is 1. The summed E-state index contributed by atoms with van der Waals surface area (Å²) in [5.41, 5.74) is 5.15. The summed E-state index contributed by atoms with van der Waals surface area (Å²) < 4.78 is 5.93. The summed E-state index contributed by atoms with van der Waals surface area (Å²) in [6.07, 6.45) is 3.71. The minimum atomic E-state index is -0.980. The molecule has 2 aromatic carbocycles. The van der Waals surface area contributed by atoms with Crippen LogP contribution in [0.25, 0.3) is 0 Å². The van der Waals surface area contributed by atoms with E-state index < -0.39 is 5.97 Å². The van der Waals surface area contributed by atoms with E-state index >= 15 is 0 Å². The van der Waals surface area contributed by atoms with E-state index in [-0.39, 0.29) is 11.7 Å². The van der Waals surface area contributed by atoms with Crippen molar-refractivity contribution in [2.45, 2.75) is 12.5 Å². The zero-order chi connectivity index (χ0) is 19.3. The SMILES string of the molecule is O=C(O)c1ccncc1NCC1OCCc2cc(Nc3ccccc3)ccc21. The van der Waals surface area contributed by atoms with E-state index in [1.165, 1.54) is 24.0 Å². The van der Waals surface area contributed by atoms with Gasteiger partial charge in [-0.1, -0.05) is 24.3 Å². The van der Waals surface area contributed by atoms with Crippen LogP contribution in [-0.4, -0.2) is 29.2 Å². The normalized spacial score (nSPS) is 15.5. The van der Waals surface area contributed by atoms with Gasteiger partial charge >= 0.3 is 5.97 Å². The number of ether oxygens (including phenoxy) is 1. The molecule has 1 aliphatic heterocycles. The van der Waals surface area contributed by atoms with E-state index in [9.17, 15) is 9.90 Å². The first-order valence-electron chi connectivity index (χ1n) is 9.18. The maximum Gasteiger partial charge on any atom is 0.337 e. The van der Waals surface area contributed by atoms with E-state index in [0.717, 1.165) is 23.4 Å². The highest BCUT2D eigenvalue weighted by Crippen LogP contribution is 2.31. The number of hydrogen-bond donors (Lipinski definition) is 3. The zero-order valence-electron chi connectivity index (χ0n) is 15.3. The van der Waals surface area contributed by atoms with Crippen molar-refractivity contribution >= 4 is 23.0 Å². The van der Waals surface area contributed by atoms with Gasteiger partial charge in [0, 0.05) is 24.1 Å². The highest BCUT2D eigenvalue weighted by Gasteiger charge is 2.22. The molecule has 3 aromatic rings. The third-order valence-corrected chi connectivity index (χ3v) is 4.77. The first kappa shape index (κ1) is 18.0. The first-order valence-corrected chi connectivity index (χ1v) is 9.18. The Bertz CT molecular complexity index is 976. The molecule has 1 atom stereocenters. The molecule has 6 nitrogen and oxygen atoms in total. The second-order valence-electron chi connectivity index (χ2n) is 6.62. The van der Waals surface area contributed by atoms with Crippen molar-refractivity contribution in [2.24, 2.45) is 0 Å². The van der Waals surface area contributed by atoms with Gasteiger partial charge in [0.1, 0.15) is 0 Å². The van der Waals surface area contributed by atoms with Crippen LogP contribution in [0, 0.1) is 0 Å². The van der Waals surface area contributed by atoms with Crippen LogP contribution in [0.15, 0.2) is 67.0 Å². The molecular weight excluding hydrogens is 354 g/mol. The smallest absolute Gasteiger partial charge is 0.337 e. The molecule has 0 saturated heterocycles. The molecule has 0 bridgehead atoms. The Morgan fingerprint density at radius 3 is 2.82 bits per heavy atom. The van der Waals surface area contributed by atoms with Crippen LogP contribution in [0.5, 0.6) is 0 Å². The number of para-hydroxylation sites is 1. The molecule has 2 heterocycles. The van der Waals surface area contributed by atoms with Crippen molar-refractivity contribution in [3.63, 3.8) is 0 Å². The molecule has 0 amide bonds. The fourth-order valence-electron chi connectivity index (χ4n) is 3.40. The van der Waals surface area contributed by atoms with Crippen LogP contribution < -0.4 is 10.6 Å². The molecule has 0 saturated carbocycles. The second kappa shape index (κ2) is 8.10. The fourth-order valence-corrected chi connectivity index (χ4v) is 3.40. The standard InChI is InChI=1S/C22H21N3O3/c26-22(27)19-8-10-23-13-20(19)24-14-21-18-7-6-17(12-15(18)9-11-28-21)25-16-4-2-1-3-5-16/h1-8,10,12-13,21,24-25H,9,11,14H2,(H,26,27). The predicted octanol–water partition coefficient (Wildman–Crippen LogP) is 4.25. The quantitative estimate of drug-likeness (QED) is 0.597. The molecule has 3 N–H and O–H groups in total. The monoisotopic (exact) mass is 375 g/mol. The summed E-state index contributed by atoms with van der Waals surface area (Å²) in [5.74, 6) is -0.980. The van der Waals surface area contributed by atoms with Gasteiger partial charge in [0.05, 0.1) is 30.2 Å². The summed E-state index contributed by atoms with van der Waals surface area (Å²) in [4.78, 5) is 15.4. The van der Waals surface area contributed by atoms with Crippen molar-refractivity contribution in [1.82, 2.24) is 4.98 Å². The number of benzene rings is 2. The lowest BCUT2D eigenvalue weighted by molar-refractivity contribution is 0.0513. The minimum Gasteiger partial charge on any atom is -0.478 e. The maximum atomic E-state index is 11.4. The number of nitrogens with zero attached hydrogens (tertiary/aromatic N) is 1. The highest BCUT2D eigenvalue weighted by molar-refractivity contribution is 5.93. The third kappa shape index (κ3) is 3.97. The Labute approximate surface area is 163 Å². The molecular formula is C22H21N3O3. The van der Waals surface area contributed by atoms with Gasteiger partial charge in [-0.3, -0.25) is 4.98 Å². The third-order valence-electron chi connectivity index (χ3n) is 4.77. The topological polar surface area (TPSA) is 83.5 Å². The average Bonchev–Trinajstić information content (AvgIpc) is 2.73. The molecule has 0 aliphatic carbocycles. The Balaban J connectivity index is 1.49. The van der Waals surface area contributed by atoms with Crippen LogP contribution in [0.1, 0.15) is 27.6 Å². The lowest BCUT2D eigenvalue weighted by Gasteiger charge is -2.27. The number of fused-ring (bicyclic) bond motifs is 1. The number of anilines is 3. The number of aromatic nitrogens is 1. The van der Waals surface area contributed by atoms with Gasteiger partial charge in [-0.05, 0) is 47.9 Å². The fraction of sp³-hybridized carbons (Fsp3) is 0.182.